The van der Waals surface area contributed by atoms with Gasteiger partial charge in [0.2, 0.25) is 6.79 Å². The van der Waals surface area contributed by atoms with E-state index in [1.807, 2.05) is 6.07 Å². The summed E-state index contributed by atoms with van der Waals surface area (Å²) in [6, 6.07) is 6.27. The van der Waals surface area contributed by atoms with E-state index in [2.05, 4.69) is 32.1 Å². The van der Waals surface area contributed by atoms with Gasteiger partial charge in [0.25, 0.3) is 0 Å². The summed E-state index contributed by atoms with van der Waals surface area (Å²) in [5, 5.41) is 0. The molecule has 0 N–H and O–H groups in total. The van der Waals surface area contributed by atoms with Crippen LogP contribution in [0.3, 0.4) is 0 Å². The van der Waals surface area contributed by atoms with Gasteiger partial charge in [0, 0.05) is 0 Å². The molecule has 0 bridgehead atoms. The Hall–Kier alpha value is -1.44. The van der Waals surface area contributed by atoms with Gasteiger partial charge < -0.3 is 9.47 Å². The molecule has 2 nitrogen and oxygen atoms in total. The van der Waals surface area contributed by atoms with Crippen LogP contribution in [-0.2, 0) is 0 Å². The first-order valence-electron chi connectivity index (χ1n) is 6.94. The van der Waals surface area contributed by atoms with Crippen molar-refractivity contribution in [2.24, 2.45) is 0 Å². The number of allylic oxidation sites excluding steroid dienone is 2. The fourth-order valence-electron chi connectivity index (χ4n) is 2.15. The van der Waals surface area contributed by atoms with Crippen molar-refractivity contribution in [3.05, 3.63) is 29.8 Å². The van der Waals surface area contributed by atoms with Gasteiger partial charge in [-0.25, -0.2) is 0 Å². The predicted molar refractivity (Wildman–Crippen MR) is 75.0 cm³/mol. The minimum Gasteiger partial charge on any atom is -0.454 e. The molecule has 0 saturated carbocycles. The van der Waals surface area contributed by atoms with E-state index in [0.717, 1.165) is 24.3 Å². The average molecular weight is 246 g/mol. The van der Waals surface area contributed by atoms with E-state index in [-0.39, 0.29) is 0 Å². The van der Waals surface area contributed by atoms with Gasteiger partial charge in [-0.15, -0.1) is 0 Å². The summed E-state index contributed by atoms with van der Waals surface area (Å²) in [5.74, 6) is 1.75. The molecule has 0 spiro atoms. The minimum absolute atomic E-state index is 0.349. The minimum atomic E-state index is 0.349. The zero-order chi connectivity index (χ0) is 12.8. The second-order valence-corrected chi connectivity index (χ2v) is 4.69. The Morgan fingerprint density at radius 3 is 2.78 bits per heavy atom. The van der Waals surface area contributed by atoms with Crippen LogP contribution in [0.1, 0.15) is 51.5 Å². The Labute approximate surface area is 110 Å². The maximum atomic E-state index is 5.45. The molecule has 1 heterocycles. The van der Waals surface area contributed by atoms with Crippen molar-refractivity contribution in [1.29, 1.82) is 0 Å². The average Bonchev–Trinajstić information content (AvgIpc) is 2.86. The SMILES string of the molecule is CCC/C=C(\CCCC)c1ccc2c(c1)OCO2. The van der Waals surface area contributed by atoms with Crippen LogP contribution in [0.25, 0.3) is 5.57 Å². The summed E-state index contributed by atoms with van der Waals surface area (Å²) in [4.78, 5) is 0. The van der Waals surface area contributed by atoms with Crippen LogP contribution in [0.2, 0.25) is 0 Å². The topological polar surface area (TPSA) is 18.5 Å². The molecule has 18 heavy (non-hydrogen) atoms. The monoisotopic (exact) mass is 246 g/mol. The zero-order valence-corrected chi connectivity index (χ0v) is 11.4. The Balaban J connectivity index is 2.19. The highest BCUT2D eigenvalue weighted by Crippen LogP contribution is 2.35. The zero-order valence-electron chi connectivity index (χ0n) is 11.4. The highest BCUT2D eigenvalue weighted by molar-refractivity contribution is 5.68. The van der Waals surface area contributed by atoms with E-state index in [4.69, 9.17) is 9.47 Å². The molecule has 0 aliphatic carbocycles. The van der Waals surface area contributed by atoms with E-state index in [9.17, 15) is 0 Å². The van der Waals surface area contributed by atoms with Crippen molar-refractivity contribution in [1.82, 2.24) is 0 Å². The number of hydrogen-bond acceptors (Lipinski definition) is 2. The molecule has 0 aromatic heterocycles. The third kappa shape index (κ3) is 3.06. The quantitative estimate of drug-likeness (QED) is 0.718. The first-order valence-corrected chi connectivity index (χ1v) is 6.94. The van der Waals surface area contributed by atoms with Gasteiger partial charge in [0.15, 0.2) is 11.5 Å². The van der Waals surface area contributed by atoms with Gasteiger partial charge in [-0.3, -0.25) is 0 Å². The van der Waals surface area contributed by atoms with Crippen LogP contribution in [0, 0.1) is 0 Å². The van der Waals surface area contributed by atoms with Crippen LogP contribution in [0.4, 0.5) is 0 Å². The third-order valence-corrected chi connectivity index (χ3v) is 3.22. The van der Waals surface area contributed by atoms with E-state index in [1.54, 1.807) is 0 Å². The maximum absolute atomic E-state index is 5.45. The van der Waals surface area contributed by atoms with Crippen molar-refractivity contribution in [3.63, 3.8) is 0 Å². The molecular formula is C16H22O2. The van der Waals surface area contributed by atoms with Crippen LogP contribution in [-0.4, -0.2) is 6.79 Å². The molecule has 0 fully saturated rings. The van der Waals surface area contributed by atoms with E-state index in [1.165, 1.54) is 30.4 Å². The van der Waals surface area contributed by atoms with Gasteiger partial charge >= 0.3 is 0 Å². The second kappa shape index (κ2) is 6.48. The molecule has 1 aromatic rings. The molecule has 1 aliphatic heterocycles. The number of hydrogen-bond donors (Lipinski definition) is 0. The number of benzene rings is 1. The summed E-state index contributed by atoms with van der Waals surface area (Å²) in [7, 11) is 0. The second-order valence-electron chi connectivity index (χ2n) is 4.69. The van der Waals surface area contributed by atoms with Crippen LogP contribution in [0.5, 0.6) is 11.5 Å². The number of rotatable bonds is 6. The summed E-state index contributed by atoms with van der Waals surface area (Å²) in [6.45, 7) is 4.80. The molecule has 0 unspecified atom stereocenters. The lowest BCUT2D eigenvalue weighted by Crippen LogP contribution is -1.93. The molecular weight excluding hydrogens is 224 g/mol. The van der Waals surface area contributed by atoms with Gasteiger partial charge in [-0.2, -0.15) is 0 Å². The first kappa shape index (κ1) is 13.0. The number of fused-ring (bicyclic) bond motifs is 1. The molecule has 2 heteroatoms. The summed E-state index contributed by atoms with van der Waals surface area (Å²) in [5.41, 5.74) is 2.72. The lowest BCUT2D eigenvalue weighted by molar-refractivity contribution is 0.174. The van der Waals surface area contributed by atoms with Crippen LogP contribution in [0.15, 0.2) is 24.3 Å². The predicted octanol–water partition coefficient (Wildman–Crippen LogP) is 4.79. The lowest BCUT2D eigenvalue weighted by atomic mass is 9.98. The Morgan fingerprint density at radius 1 is 1.17 bits per heavy atom. The molecule has 0 atom stereocenters. The molecule has 98 valence electrons. The van der Waals surface area contributed by atoms with Crippen molar-refractivity contribution in [2.45, 2.75) is 46.0 Å². The molecule has 1 aromatic carbocycles. The fraction of sp³-hybridized carbons (Fsp3) is 0.500. The number of unbranched alkanes of at least 4 members (excludes halogenated alkanes) is 2. The molecule has 2 rings (SSSR count). The van der Waals surface area contributed by atoms with Crippen LogP contribution < -0.4 is 9.47 Å². The van der Waals surface area contributed by atoms with Gasteiger partial charge in [0.05, 0.1) is 0 Å². The first-order chi connectivity index (χ1) is 8.85. The van der Waals surface area contributed by atoms with Crippen LogP contribution >= 0.6 is 0 Å². The van der Waals surface area contributed by atoms with E-state index >= 15 is 0 Å². The van der Waals surface area contributed by atoms with Gasteiger partial charge in [0.1, 0.15) is 0 Å². The lowest BCUT2D eigenvalue weighted by Gasteiger charge is -2.08. The third-order valence-electron chi connectivity index (χ3n) is 3.22. The Bertz CT molecular complexity index is 421. The standard InChI is InChI=1S/C16H22O2/c1-3-5-7-13(8-6-4-2)14-9-10-15-16(11-14)18-12-17-15/h7,9-11H,3-6,8,12H2,1-2H3/b13-7+. The van der Waals surface area contributed by atoms with Crippen molar-refractivity contribution in [2.75, 3.05) is 6.79 Å². The van der Waals surface area contributed by atoms with Crippen molar-refractivity contribution in [3.8, 4) is 11.5 Å². The number of ether oxygens (including phenoxy) is 2. The van der Waals surface area contributed by atoms with E-state index < -0.39 is 0 Å². The summed E-state index contributed by atoms with van der Waals surface area (Å²) >= 11 is 0. The smallest absolute Gasteiger partial charge is 0.231 e. The Kier molecular flexibility index (Phi) is 4.68. The molecule has 0 amide bonds. The highest BCUT2D eigenvalue weighted by Gasteiger charge is 2.14. The van der Waals surface area contributed by atoms with Crippen molar-refractivity contribution < 1.29 is 9.47 Å². The van der Waals surface area contributed by atoms with E-state index in [0.29, 0.717) is 6.79 Å². The summed E-state index contributed by atoms with van der Waals surface area (Å²) < 4.78 is 10.8. The van der Waals surface area contributed by atoms with Gasteiger partial charge in [-0.1, -0.05) is 38.8 Å². The van der Waals surface area contributed by atoms with Gasteiger partial charge in [-0.05, 0) is 42.5 Å². The Morgan fingerprint density at radius 2 is 2.00 bits per heavy atom. The summed E-state index contributed by atoms with van der Waals surface area (Å²) in [6.07, 6.45) is 8.33. The maximum Gasteiger partial charge on any atom is 0.231 e. The fourth-order valence-corrected chi connectivity index (χ4v) is 2.15. The van der Waals surface area contributed by atoms with Crippen molar-refractivity contribution >= 4 is 5.57 Å². The molecule has 0 saturated heterocycles. The normalized spacial score (nSPS) is 14.0. The molecule has 1 aliphatic rings. The highest BCUT2D eigenvalue weighted by atomic mass is 16.7. The molecule has 0 radical (unpaired) electrons. The largest absolute Gasteiger partial charge is 0.454 e.